The second-order valence-electron chi connectivity index (χ2n) is 3.93. The third-order valence-electron chi connectivity index (χ3n) is 1.87. The first-order valence-corrected chi connectivity index (χ1v) is 5.42. The van der Waals surface area contributed by atoms with Gasteiger partial charge in [-0.2, -0.15) is 13.2 Å². The Kier molecular flexibility index (Phi) is 8.60. The largest absolute Gasteiger partial charge is 0.411 e. The van der Waals surface area contributed by atoms with Crippen LogP contribution in [0.3, 0.4) is 0 Å². The summed E-state index contributed by atoms with van der Waals surface area (Å²) in [6.07, 6.45) is -2.56. The third-order valence-corrected chi connectivity index (χ3v) is 1.87. The van der Waals surface area contributed by atoms with Crippen LogP contribution in [0.25, 0.3) is 0 Å². The van der Waals surface area contributed by atoms with Crippen LogP contribution in [-0.2, 0) is 4.74 Å². The predicted molar refractivity (Wildman–Crippen MR) is 57.5 cm³/mol. The van der Waals surface area contributed by atoms with Crippen molar-refractivity contribution in [3.8, 4) is 0 Å². The van der Waals surface area contributed by atoms with Gasteiger partial charge in [-0.15, -0.1) is 0 Å². The first-order chi connectivity index (χ1) is 7.42. The van der Waals surface area contributed by atoms with Crippen molar-refractivity contribution in [1.82, 2.24) is 10.2 Å². The molecule has 0 aromatic heterocycles. The van der Waals surface area contributed by atoms with Gasteiger partial charge in [-0.05, 0) is 46.6 Å². The Labute approximate surface area is 94.9 Å². The molecule has 0 fully saturated rings. The lowest BCUT2D eigenvalue weighted by Gasteiger charge is -2.10. The molecule has 0 aliphatic heterocycles. The van der Waals surface area contributed by atoms with Gasteiger partial charge in [0.05, 0.1) is 0 Å². The van der Waals surface area contributed by atoms with E-state index in [2.05, 4.69) is 15.0 Å². The van der Waals surface area contributed by atoms with E-state index in [4.69, 9.17) is 0 Å². The fraction of sp³-hybridized carbons (Fsp3) is 1.00. The topological polar surface area (TPSA) is 24.5 Å². The second kappa shape index (κ2) is 8.78. The Bertz CT molecular complexity index is 163. The molecule has 16 heavy (non-hydrogen) atoms. The van der Waals surface area contributed by atoms with Crippen molar-refractivity contribution < 1.29 is 17.9 Å². The van der Waals surface area contributed by atoms with Gasteiger partial charge in [0.25, 0.3) is 0 Å². The van der Waals surface area contributed by atoms with Crippen LogP contribution in [0.4, 0.5) is 13.2 Å². The minimum atomic E-state index is -4.21. The number of alkyl halides is 3. The molecule has 0 unspecified atom stereocenters. The summed E-state index contributed by atoms with van der Waals surface area (Å²) in [6.45, 7) is 1.61. The lowest BCUT2D eigenvalue weighted by atomic mass is 10.4. The van der Waals surface area contributed by atoms with Gasteiger partial charge in [0.15, 0.2) is 0 Å². The zero-order valence-corrected chi connectivity index (χ0v) is 9.94. The van der Waals surface area contributed by atoms with Crippen molar-refractivity contribution in [3.05, 3.63) is 0 Å². The highest BCUT2D eigenvalue weighted by Gasteiger charge is 2.26. The number of hydrogen-bond donors (Lipinski definition) is 1. The lowest BCUT2D eigenvalue weighted by Crippen LogP contribution is -2.23. The second-order valence-corrected chi connectivity index (χ2v) is 3.93. The fourth-order valence-corrected chi connectivity index (χ4v) is 1.13. The van der Waals surface area contributed by atoms with E-state index in [9.17, 15) is 13.2 Å². The minimum Gasteiger partial charge on any atom is -0.372 e. The summed E-state index contributed by atoms with van der Waals surface area (Å²) in [7, 11) is 4.01. The van der Waals surface area contributed by atoms with Crippen LogP contribution in [0, 0.1) is 0 Å². The van der Waals surface area contributed by atoms with Crippen LogP contribution in [0.2, 0.25) is 0 Å². The maximum absolute atomic E-state index is 11.7. The highest BCUT2D eigenvalue weighted by molar-refractivity contribution is 4.51. The SMILES string of the molecule is CN(C)CCCNCCCOCC(F)(F)F. The van der Waals surface area contributed by atoms with Gasteiger partial charge in [-0.25, -0.2) is 0 Å². The van der Waals surface area contributed by atoms with Crippen molar-refractivity contribution in [3.63, 3.8) is 0 Å². The van der Waals surface area contributed by atoms with Gasteiger partial charge in [0, 0.05) is 6.61 Å². The van der Waals surface area contributed by atoms with E-state index in [1.165, 1.54) is 0 Å². The predicted octanol–water partition coefficient (Wildman–Crippen LogP) is 1.50. The first kappa shape index (κ1) is 15.7. The van der Waals surface area contributed by atoms with Crippen molar-refractivity contribution in [1.29, 1.82) is 0 Å². The quantitative estimate of drug-likeness (QED) is 0.620. The average molecular weight is 242 g/mol. The van der Waals surface area contributed by atoms with Crippen LogP contribution in [0.5, 0.6) is 0 Å². The Morgan fingerprint density at radius 2 is 1.75 bits per heavy atom. The zero-order chi connectivity index (χ0) is 12.4. The van der Waals surface area contributed by atoms with E-state index >= 15 is 0 Å². The van der Waals surface area contributed by atoms with Gasteiger partial charge in [0.1, 0.15) is 6.61 Å². The van der Waals surface area contributed by atoms with Crippen molar-refractivity contribution in [2.75, 3.05) is 46.9 Å². The molecule has 0 aromatic rings. The number of rotatable bonds is 9. The number of halogens is 3. The summed E-state index contributed by atoms with van der Waals surface area (Å²) in [5.74, 6) is 0. The highest BCUT2D eigenvalue weighted by Crippen LogP contribution is 2.14. The van der Waals surface area contributed by atoms with E-state index in [1.807, 2.05) is 14.1 Å². The maximum atomic E-state index is 11.7. The Hall–Kier alpha value is -0.330. The number of hydrogen-bond acceptors (Lipinski definition) is 3. The van der Waals surface area contributed by atoms with Crippen molar-refractivity contribution >= 4 is 0 Å². The summed E-state index contributed by atoms with van der Waals surface area (Å²) < 4.78 is 39.5. The van der Waals surface area contributed by atoms with Crippen LogP contribution in [-0.4, -0.2) is 58.0 Å². The fourth-order valence-electron chi connectivity index (χ4n) is 1.13. The van der Waals surface area contributed by atoms with E-state index < -0.39 is 12.8 Å². The van der Waals surface area contributed by atoms with Crippen LogP contribution >= 0.6 is 0 Å². The summed E-state index contributed by atoms with van der Waals surface area (Å²) >= 11 is 0. The summed E-state index contributed by atoms with van der Waals surface area (Å²) in [4.78, 5) is 2.09. The molecule has 6 heteroatoms. The number of ether oxygens (including phenoxy) is 1. The van der Waals surface area contributed by atoms with Gasteiger partial charge >= 0.3 is 6.18 Å². The van der Waals surface area contributed by atoms with Crippen molar-refractivity contribution in [2.24, 2.45) is 0 Å². The highest BCUT2D eigenvalue weighted by atomic mass is 19.4. The van der Waals surface area contributed by atoms with Crippen LogP contribution < -0.4 is 5.32 Å². The number of nitrogens with zero attached hydrogens (tertiary/aromatic N) is 1. The maximum Gasteiger partial charge on any atom is 0.411 e. The molecule has 0 heterocycles. The Morgan fingerprint density at radius 1 is 1.12 bits per heavy atom. The van der Waals surface area contributed by atoms with Gasteiger partial charge in [0.2, 0.25) is 0 Å². The van der Waals surface area contributed by atoms with E-state index in [0.717, 1.165) is 19.5 Å². The molecule has 0 rings (SSSR count). The molecule has 0 saturated carbocycles. The van der Waals surface area contributed by atoms with Crippen LogP contribution in [0.1, 0.15) is 12.8 Å². The molecule has 0 aromatic carbocycles. The molecule has 0 radical (unpaired) electrons. The molecular formula is C10H21F3N2O. The summed E-state index contributed by atoms with van der Waals surface area (Å²) in [5.41, 5.74) is 0. The molecule has 0 atom stereocenters. The Morgan fingerprint density at radius 3 is 2.31 bits per heavy atom. The monoisotopic (exact) mass is 242 g/mol. The third kappa shape index (κ3) is 13.7. The lowest BCUT2D eigenvalue weighted by molar-refractivity contribution is -0.173. The molecule has 0 aliphatic carbocycles. The first-order valence-electron chi connectivity index (χ1n) is 5.42. The molecule has 0 aliphatic rings. The molecule has 0 saturated heterocycles. The Balaban J connectivity index is 3.05. The summed E-state index contributed by atoms with van der Waals surface area (Å²) in [5, 5.41) is 3.15. The number of nitrogens with one attached hydrogen (secondary N) is 1. The van der Waals surface area contributed by atoms with Gasteiger partial charge < -0.3 is 15.0 Å². The van der Waals surface area contributed by atoms with E-state index in [1.54, 1.807) is 0 Å². The van der Waals surface area contributed by atoms with Gasteiger partial charge in [-0.3, -0.25) is 0 Å². The molecule has 3 nitrogen and oxygen atoms in total. The minimum absolute atomic E-state index is 0.153. The molecule has 0 bridgehead atoms. The average Bonchev–Trinajstić information content (AvgIpc) is 2.13. The molecular weight excluding hydrogens is 221 g/mol. The van der Waals surface area contributed by atoms with Crippen LogP contribution in [0.15, 0.2) is 0 Å². The smallest absolute Gasteiger partial charge is 0.372 e. The molecule has 98 valence electrons. The standard InChI is InChI=1S/C10H21F3N2O/c1-15(2)7-3-5-14-6-4-8-16-9-10(11,12)13/h14H,3-9H2,1-2H3. The van der Waals surface area contributed by atoms with E-state index in [-0.39, 0.29) is 6.61 Å². The molecule has 1 N–H and O–H groups in total. The van der Waals surface area contributed by atoms with Crippen molar-refractivity contribution in [2.45, 2.75) is 19.0 Å². The van der Waals surface area contributed by atoms with E-state index in [0.29, 0.717) is 13.0 Å². The zero-order valence-electron chi connectivity index (χ0n) is 9.94. The molecule has 0 spiro atoms. The van der Waals surface area contributed by atoms with Gasteiger partial charge in [-0.1, -0.05) is 0 Å². The normalized spacial score (nSPS) is 12.4. The molecule has 0 amide bonds. The summed E-state index contributed by atoms with van der Waals surface area (Å²) in [6, 6.07) is 0.